The van der Waals surface area contributed by atoms with Crippen molar-refractivity contribution in [3.05, 3.63) is 59.7 Å². The van der Waals surface area contributed by atoms with Crippen molar-refractivity contribution in [3.63, 3.8) is 0 Å². The largest absolute Gasteiger partial charge is 0.496 e. The number of para-hydroxylation sites is 2. The molecule has 5 nitrogen and oxygen atoms in total. The molecule has 2 aromatic rings. The van der Waals surface area contributed by atoms with Gasteiger partial charge in [-0.3, -0.25) is 9.59 Å². The van der Waals surface area contributed by atoms with Gasteiger partial charge >= 0.3 is 12.1 Å². The minimum absolute atomic E-state index is 0.129. The molecule has 0 aliphatic carbocycles. The van der Waals surface area contributed by atoms with E-state index in [-0.39, 0.29) is 6.42 Å². The van der Waals surface area contributed by atoms with Gasteiger partial charge in [-0.25, -0.2) is 0 Å². The van der Waals surface area contributed by atoms with Gasteiger partial charge in [0.1, 0.15) is 5.75 Å². The van der Waals surface area contributed by atoms with Crippen molar-refractivity contribution in [2.75, 3.05) is 19.0 Å². The van der Waals surface area contributed by atoms with Gasteiger partial charge in [-0.15, -0.1) is 0 Å². The predicted molar refractivity (Wildman–Crippen MR) is 87.7 cm³/mol. The minimum atomic E-state index is -4.61. The van der Waals surface area contributed by atoms with Crippen LogP contribution in [0.4, 0.5) is 18.9 Å². The van der Waals surface area contributed by atoms with Crippen molar-refractivity contribution >= 4 is 17.6 Å². The highest BCUT2D eigenvalue weighted by molar-refractivity contribution is 5.93. The zero-order valence-corrected chi connectivity index (χ0v) is 13.8. The van der Waals surface area contributed by atoms with Gasteiger partial charge in [-0.2, -0.15) is 13.2 Å². The number of amides is 1. The molecule has 0 fully saturated rings. The van der Waals surface area contributed by atoms with Crippen LogP contribution < -0.4 is 10.1 Å². The molecule has 0 radical (unpaired) electrons. The molecule has 0 atom stereocenters. The Kier molecular flexibility index (Phi) is 6.21. The number of benzene rings is 2. The molecule has 26 heavy (non-hydrogen) atoms. The lowest BCUT2D eigenvalue weighted by Crippen LogP contribution is -2.23. The molecule has 2 rings (SSSR count). The van der Waals surface area contributed by atoms with E-state index in [2.05, 4.69) is 5.32 Å². The fourth-order valence-corrected chi connectivity index (χ4v) is 2.23. The molecule has 1 N–H and O–H groups in total. The zero-order chi connectivity index (χ0) is 19.2. The van der Waals surface area contributed by atoms with E-state index in [0.717, 1.165) is 12.1 Å². The molecule has 1 amide bonds. The summed E-state index contributed by atoms with van der Waals surface area (Å²) in [6.07, 6.45) is -4.74. The molecule has 8 heteroatoms. The lowest BCUT2D eigenvalue weighted by Gasteiger charge is -2.13. The molecule has 138 valence electrons. The van der Waals surface area contributed by atoms with E-state index in [9.17, 15) is 22.8 Å². The highest BCUT2D eigenvalue weighted by Crippen LogP contribution is 2.34. The molecule has 2 aromatic carbocycles. The fraction of sp³-hybridized carbons (Fsp3) is 0.222. The average molecular weight is 367 g/mol. The maximum absolute atomic E-state index is 12.9. The second kappa shape index (κ2) is 8.37. The summed E-state index contributed by atoms with van der Waals surface area (Å²) in [4.78, 5) is 23.6. The summed E-state index contributed by atoms with van der Waals surface area (Å²) in [6, 6.07) is 11.3. The van der Waals surface area contributed by atoms with Crippen molar-refractivity contribution in [1.29, 1.82) is 0 Å². The summed E-state index contributed by atoms with van der Waals surface area (Å²) < 4.78 is 48.6. The lowest BCUT2D eigenvalue weighted by atomic mass is 10.1. The van der Waals surface area contributed by atoms with E-state index >= 15 is 0 Å². The van der Waals surface area contributed by atoms with Gasteiger partial charge in [0.05, 0.1) is 24.8 Å². The molecular formula is C18H16F3NO4. The highest BCUT2D eigenvalue weighted by Gasteiger charge is 2.33. The van der Waals surface area contributed by atoms with E-state index < -0.39 is 35.9 Å². The summed E-state index contributed by atoms with van der Waals surface area (Å²) in [7, 11) is 1.45. The van der Waals surface area contributed by atoms with Crippen LogP contribution in [0, 0.1) is 0 Å². The minimum Gasteiger partial charge on any atom is -0.496 e. The van der Waals surface area contributed by atoms with Crippen molar-refractivity contribution in [1.82, 2.24) is 0 Å². The van der Waals surface area contributed by atoms with Crippen LogP contribution in [0.15, 0.2) is 48.5 Å². The summed E-state index contributed by atoms with van der Waals surface area (Å²) >= 11 is 0. The van der Waals surface area contributed by atoms with Crippen LogP contribution in [-0.2, 0) is 26.9 Å². The topological polar surface area (TPSA) is 64.6 Å². The van der Waals surface area contributed by atoms with Crippen LogP contribution in [0.3, 0.4) is 0 Å². The zero-order valence-electron chi connectivity index (χ0n) is 13.8. The van der Waals surface area contributed by atoms with Crippen molar-refractivity contribution in [2.24, 2.45) is 0 Å². The van der Waals surface area contributed by atoms with E-state index in [1.165, 1.54) is 19.2 Å². The number of methoxy groups -OCH3 is 1. The Hall–Kier alpha value is -3.03. The third-order valence-electron chi connectivity index (χ3n) is 3.40. The third kappa shape index (κ3) is 5.23. The molecular weight excluding hydrogens is 351 g/mol. The van der Waals surface area contributed by atoms with Crippen LogP contribution in [0.5, 0.6) is 5.75 Å². The lowest BCUT2D eigenvalue weighted by molar-refractivity contribution is -0.146. The number of rotatable bonds is 6. The van der Waals surface area contributed by atoms with Crippen LogP contribution in [-0.4, -0.2) is 25.6 Å². The van der Waals surface area contributed by atoms with Gasteiger partial charge in [0.15, 0.2) is 6.61 Å². The Labute approximate surface area is 147 Å². The summed E-state index contributed by atoms with van der Waals surface area (Å²) in [5, 5.41) is 2.10. The Bertz CT molecular complexity index is 790. The van der Waals surface area contributed by atoms with Crippen LogP contribution >= 0.6 is 0 Å². The first-order chi connectivity index (χ1) is 12.3. The molecule has 0 unspecified atom stereocenters. The van der Waals surface area contributed by atoms with Gasteiger partial charge in [-0.05, 0) is 18.2 Å². The first-order valence-corrected chi connectivity index (χ1v) is 7.55. The number of alkyl halides is 3. The molecule has 0 bridgehead atoms. The summed E-state index contributed by atoms with van der Waals surface area (Å²) in [6.45, 7) is -0.694. The van der Waals surface area contributed by atoms with Crippen molar-refractivity contribution in [2.45, 2.75) is 12.6 Å². The van der Waals surface area contributed by atoms with E-state index in [0.29, 0.717) is 11.3 Å². The van der Waals surface area contributed by atoms with E-state index in [1.54, 1.807) is 24.3 Å². The Balaban J connectivity index is 1.92. The monoisotopic (exact) mass is 367 g/mol. The average Bonchev–Trinajstić information content (AvgIpc) is 2.60. The van der Waals surface area contributed by atoms with Crippen molar-refractivity contribution < 1.29 is 32.2 Å². The predicted octanol–water partition coefficient (Wildman–Crippen LogP) is 3.44. The standard InChI is InChI=1S/C18H16F3NO4/c1-25-15-9-5-2-6-12(15)10-17(24)26-11-16(23)22-14-8-4-3-7-13(14)18(19,20)21/h2-9H,10-11H2,1H3,(H,22,23). The normalized spacial score (nSPS) is 10.9. The summed E-state index contributed by atoms with van der Waals surface area (Å²) in [5.74, 6) is -1.07. The molecule has 0 spiro atoms. The number of ether oxygens (including phenoxy) is 2. The number of carbonyl (C=O) groups is 2. The van der Waals surface area contributed by atoms with E-state index in [4.69, 9.17) is 9.47 Å². The Morgan fingerprint density at radius 3 is 2.38 bits per heavy atom. The number of hydrogen-bond acceptors (Lipinski definition) is 4. The number of anilines is 1. The van der Waals surface area contributed by atoms with Crippen LogP contribution in [0.1, 0.15) is 11.1 Å². The van der Waals surface area contributed by atoms with Crippen molar-refractivity contribution in [3.8, 4) is 5.75 Å². The second-order valence-corrected chi connectivity index (χ2v) is 5.24. The van der Waals surface area contributed by atoms with Gasteiger partial charge in [-0.1, -0.05) is 30.3 Å². The van der Waals surface area contributed by atoms with Gasteiger partial charge in [0.25, 0.3) is 5.91 Å². The second-order valence-electron chi connectivity index (χ2n) is 5.24. The molecule has 0 aliphatic heterocycles. The first-order valence-electron chi connectivity index (χ1n) is 7.55. The first kappa shape index (κ1) is 19.3. The van der Waals surface area contributed by atoms with E-state index in [1.807, 2.05) is 0 Å². The quantitative estimate of drug-likeness (QED) is 0.795. The van der Waals surface area contributed by atoms with Gasteiger partial charge < -0.3 is 14.8 Å². The fourth-order valence-electron chi connectivity index (χ4n) is 2.23. The number of carbonyl (C=O) groups excluding carboxylic acids is 2. The van der Waals surface area contributed by atoms with Crippen LogP contribution in [0.25, 0.3) is 0 Å². The highest BCUT2D eigenvalue weighted by atomic mass is 19.4. The molecule has 0 heterocycles. The molecule has 0 aromatic heterocycles. The Morgan fingerprint density at radius 1 is 1.04 bits per heavy atom. The number of hydrogen-bond donors (Lipinski definition) is 1. The molecule has 0 saturated carbocycles. The maximum atomic E-state index is 12.9. The number of halogens is 3. The smallest absolute Gasteiger partial charge is 0.418 e. The summed E-state index contributed by atoms with van der Waals surface area (Å²) in [5.41, 5.74) is -0.803. The third-order valence-corrected chi connectivity index (χ3v) is 3.40. The molecule has 0 aliphatic rings. The van der Waals surface area contributed by atoms with Crippen LogP contribution in [0.2, 0.25) is 0 Å². The maximum Gasteiger partial charge on any atom is 0.418 e. The number of nitrogens with one attached hydrogen (secondary N) is 1. The molecule has 0 saturated heterocycles. The number of esters is 1. The SMILES string of the molecule is COc1ccccc1CC(=O)OCC(=O)Nc1ccccc1C(F)(F)F. The van der Waals surface area contributed by atoms with Gasteiger partial charge in [0.2, 0.25) is 0 Å². The van der Waals surface area contributed by atoms with Gasteiger partial charge in [0, 0.05) is 5.56 Å². The Morgan fingerprint density at radius 2 is 1.69 bits per heavy atom.